The summed E-state index contributed by atoms with van der Waals surface area (Å²) in [6, 6.07) is 5.28. The van der Waals surface area contributed by atoms with Crippen molar-refractivity contribution in [3.63, 3.8) is 0 Å². The van der Waals surface area contributed by atoms with E-state index >= 15 is 0 Å². The van der Waals surface area contributed by atoms with Crippen molar-refractivity contribution in [2.75, 3.05) is 19.8 Å². The molecule has 6 heteroatoms. The number of sulfone groups is 1. The van der Waals surface area contributed by atoms with E-state index in [-0.39, 0.29) is 0 Å². The molecule has 2 aromatic rings. The molecule has 0 saturated heterocycles. The smallest absolute Gasteiger partial charge is 0.177 e. The van der Waals surface area contributed by atoms with Gasteiger partial charge in [0.1, 0.15) is 11.3 Å². The first kappa shape index (κ1) is 14.0. The van der Waals surface area contributed by atoms with Crippen molar-refractivity contribution >= 4 is 20.9 Å². The van der Waals surface area contributed by atoms with Gasteiger partial charge in [0.2, 0.25) is 0 Å². The lowest BCUT2D eigenvalue weighted by atomic mass is 10.3. The number of aromatic nitrogens is 2. The van der Waals surface area contributed by atoms with Gasteiger partial charge in [0.25, 0.3) is 0 Å². The molecule has 0 amide bonds. The van der Waals surface area contributed by atoms with Crippen LogP contribution in [-0.4, -0.2) is 37.8 Å². The van der Waals surface area contributed by atoms with Crippen LogP contribution in [0.15, 0.2) is 23.1 Å². The summed E-state index contributed by atoms with van der Waals surface area (Å²) in [5.41, 5.74) is 1.44. The number of fused-ring (bicyclic) bond motifs is 1. The maximum absolute atomic E-state index is 11.8. The van der Waals surface area contributed by atoms with Gasteiger partial charge in [-0.15, -0.1) is 0 Å². The van der Waals surface area contributed by atoms with E-state index in [1.54, 1.807) is 12.1 Å². The second kappa shape index (κ2) is 5.30. The Kier molecular flexibility index (Phi) is 3.91. The van der Waals surface area contributed by atoms with Crippen LogP contribution in [0.4, 0.5) is 0 Å². The van der Waals surface area contributed by atoms with Crippen molar-refractivity contribution in [2.24, 2.45) is 7.05 Å². The Bertz CT molecular complexity index is 689. The SMILES string of the molecule is CNCCCc1nc2c(S(C)(=O)=O)cccc2n1C. The van der Waals surface area contributed by atoms with E-state index in [9.17, 15) is 8.42 Å². The van der Waals surface area contributed by atoms with Crippen LogP contribution in [0.1, 0.15) is 12.2 Å². The predicted molar refractivity (Wildman–Crippen MR) is 76.1 cm³/mol. The molecule has 0 bridgehead atoms. The number of rotatable bonds is 5. The van der Waals surface area contributed by atoms with Gasteiger partial charge in [-0.3, -0.25) is 0 Å². The Morgan fingerprint density at radius 2 is 2.11 bits per heavy atom. The Morgan fingerprint density at radius 1 is 1.37 bits per heavy atom. The molecule has 0 aliphatic rings. The molecule has 1 aromatic carbocycles. The highest BCUT2D eigenvalue weighted by Gasteiger charge is 2.16. The summed E-state index contributed by atoms with van der Waals surface area (Å²) in [7, 11) is 0.594. The van der Waals surface area contributed by atoms with Crippen LogP contribution in [0.25, 0.3) is 11.0 Å². The third-order valence-corrected chi connectivity index (χ3v) is 4.32. The molecule has 1 heterocycles. The summed E-state index contributed by atoms with van der Waals surface area (Å²) in [4.78, 5) is 4.81. The van der Waals surface area contributed by atoms with Crippen LogP contribution < -0.4 is 5.32 Å². The first-order chi connectivity index (χ1) is 8.95. The van der Waals surface area contributed by atoms with Crippen molar-refractivity contribution in [1.29, 1.82) is 0 Å². The summed E-state index contributed by atoms with van der Waals surface area (Å²) >= 11 is 0. The highest BCUT2D eigenvalue weighted by Crippen LogP contribution is 2.23. The molecule has 1 aromatic heterocycles. The number of benzene rings is 1. The molecule has 0 aliphatic carbocycles. The summed E-state index contributed by atoms with van der Waals surface area (Å²) in [5.74, 6) is 0.918. The van der Waals surface area contributed by atoms with E-state index in [0.717, 1.165) is 30.7 Å². The maximum atomic E-state index is 11.8. The number of imidazole rings is 1. The van der Waals surface area contributed by atoms with Crippen molar-refractivity contribution in [3.8, 4) is 0 Å². The van der Waals surface area contributed by atoms with Gasteiger partial charge in [0.15, 0.2) is 9.84 Å². The molecule has 1 N–H and O–H groups in total. The molecule has 0 spiro atoms. The van der Waals surface area contributed by atoms with Gasteiger partial charge in [-0.1, -0.05) is 6.07 Å². The molecule has 0 radical (unpaired) electrons. The van der Waals surface area contributed by atoms with Gasteiger partial charge in [-0.05, 0) is 32.1 Å². The van der Waals surface area contributed by atoms with Crippen LogP contribution >= 0.6 is 0 Å². The molecule has 0 atom stereocenters. The maximum Gasteiger partial charge on any atom is 0.177 e. The van der Waals surface area contributed by atoms with E-state index in [1.807, 2.05) is 24.7 Å². The first-order valence-electron chi connectivity index (χ1n) is 6.24. The Hall–Kier alpha value is -1.40. The van der Waals surface area contributed by atoms with Crippen molar-refractivity contribution in [1.82, 2.24) is 14.9 Å². The Balaban J connectivity index is 2.51. The minimum absolute atomic E-state index is 0.306. The highest BCUT2D eigenvalue weighted by molar-refractivity contribution is 7.91. The van der Waals surface area contributed by atoms with E-state index < -0.39 is 9.84 Å². The lowest BCUT2D eigenvalue weighted by Crippen LogP contribution is -2.09. The highest BCUT2D eigenvalue weighted by atomic mass is 32.2. The average Bonchev–Trinajstić information content (AvgIpc) is 2.66. The van der Waals surface area contributed by atoms with Crippen molar-refractivity contribution in [3.05, 3.63) is 24.0 Å². The summed E-state index contributed by atoms with van der Waals surface area (Å²) in [6.07, 6.45) is 3.02. The fourth-order valence-corrected chi connectivity index (χ4v) is 3.01. The lowest BCUT2D eigenvalue weighted by molar-refractivity contribution is 0.602. The van der Waals surface area contributed by atoms with Crippen molar-refractivity contribution in [2.45, 2.75) is 17.7 Å². The zero-order chi connectivity index (χ0) is 14.0. The number of hydrogen-bond acceptors (Lipinski definition) is 4. The van der Waals surface area contributed by atoms with Gasteiger partial charge in [0, 0.05) is 19.7 Å². The van der Waals surface area contributed by atoms with Crippen molar-refractivity contribution < 1.29 is 8.42 Å². The quantitative estimate of drug-likeness (QED) is 0.834. The minimum Gasteiger partial charge on any atom is -0.331 e. The number of nitrogens with zero attached hydrogens (tertiary/aromatic N) is 2. The van der Waals surface area contributed by atoms with Crippen LogP contribution in [0, 0.1) is 0 Å². The summed E-state index contributed by atoms with van der Waals surface area (Å²) in [5, 5.41) is 3.09. The zero-order valence-electron chi connectivity index (χ0n) is 11.5. The van der Waals surface area contributed by atoms with Crippen LogP contribution in [0.3, 0.4) is 0 Å². The molecular weight excluding hydrogens is 262 g/mol. The summed E-state index contributed by atoms with van der Waals surface area (Å²) in [6.45, 7) is 0.919. The second-order valence-electron chi connectivity index (χ2n) is 4.69. The number of hydrogen-bond donors (Lipinski definition) is 1. The molecule has 0 aliphatic heterocycles. The van der Waals surface area contributed by atoms with E-state index in [2.05, 4.69) is 10.3 Å². The van der Waals surface area contributed by atoms with Gasteiger partial charge >= 0.3 is 0 Å². The fourth-order valence-electron chi connectivity index (χ4n) is 2.18. The Morgan fingerprint density at radius 3 is 2.74 bits per heavy atom. The first-order valence-corrected chi connectivity index (χ1v) is 8.13. The van der Waals surface area contributed by atoms with Crippen LogP contribution in [0.2, 0.25) is 0 Å². The summed E-state index contributed by atoms with van der Waals surface area (Å²) < 4.78 is 25.5. The predicted octanol–water partition coefficient (Wildman–Crippen LogP) is 1.13. The third-order valence-electron chi connectivity index (χ3n) is 3.19. The molecule has 0 saturated carbocycles. The van der Waals surface area contributed by atoms with Gasteiger partial charge in [0.05, 0.1) is 10.4 Å². The van der Waals surface area contributed by atoms with E-state index in [1.165, 1.54) is 6.26 Å². The van der Waals surface area contributed by atoms with Gasteiger partial charge in [-0.25, -0.2) is 13.4 Å². The third kappa shape index (κ3) is 2.79. The standard InChI is InChI=1S/C13H19N3O2S/c1-14-9-5-8-12-15-13-10(16(12)2)6-4-7-11(13)19(3,17)18/h4,6-7,14H,5,8-9H2,1-3H3. The van der Waals surface area contributed by atoms with Crippen LogP contribution in [-0.2, 0) is 23.3 Å². The van der Waals surface area contributed by atoms with Gasteiger partial charge in [-0.2, -0.15) is 0 Å². The molecule has 0 unspecified atom stereocenters. The zero-order valence-corrected chi connectivity index (χ0v) is 12.3. The average molecular weight is 281 g/mol. The number of nitrogens with one attached hydrogen (secondary N) is 1. The second-order valence-corrected chi connectivity index (χ2v) is 6.67. The minimum atomic E-state index is -3.25. The van der Waals surface area contributed by atoms with Gasteiger partial charge < -0.3 is 9.88 Å². The largest absolute Gasteiger partial charge is 0.331 e. The van der Waals surface area contributed by atoms with E-state index in [0.29, 0.717) is 10.4 Å². The molecule has 0 fully saturated rings. The topological polar surface area (TPSA) is 64.0 Å². The molecular formula is C13H19N3O2S. The lowest BCUT2D eigenvalue weighted by Gasteiger charge is -2.02. The molecule has 104 valence electrons. The molecule has 2 rings (SSSR count). The monoisotopic (exact) mass is 281 g/mol. The van der Waals surface area contributed by atoms with Crippen LogP contribution in [0.5, 0.6) is 0 Å². The van der Waals surface area contributed by atoms with E-state index in [4.69, 9.17) is 0 Å². The molecule has 5 nitrogen and oxygen atoms in total. The Labute approximate surface area is 113 Å². The molecule has 19 heavy (non-hydrogen) atoms. The number of aryl methyl sites for hydroxylation is 2. The number of para-hydroxylation sites is 1. The normalized spacial score (nSPS) is 12.2. The fraction of sp³-hybridized carbons (Fsp3) is 0.462.